The largest absolute Gasteiger partial charge is 0.345 e. The molecule has 0 aliphatic carbocycles. The third-order valence-electron chi connectivity index (χ3n) is 4.88. The van der Waals surface area contributed by atoms with Gasteiger partial charge in [-0.3, -0.25) is 9.59 Å². The van der Waals surface area contributed by atoms with Crippen molar-refractivity contribution in [2.24, 2.45) is 0 Å². The summed E-state index contributed by atoms with van der Waals surface area (Å²) in [5.74, 6) is -1.74. The summed E-state index contributed by atoms with van der Waals surface area (Å²) in [5.41, 5.74) is 1.76. The zero-order chi connectivity index (χ0) is 23.5. The lowest BCUT2D eigenvalue weighted by atomic mass is 9.98. The van der Waals surface area contributed by atoms with E-state index in [2.05, 4.69) is 4.72 Å². The molecule has 0 aromatic heterocycles. The van der Waals surface area contributed by atoms with Crippen LogP contribution >= 0.6 is 0 Å². The van der Waals surface area contributed by atoms with Gasteiger partial charge in [0.1, 0.15) is 5.82 Å². The molecule has 0 atom stereocenters. The summed E-state index contributed by atoms with van der Waals surface area (Å²) in [6.07, 6.45) is 0. The van der Waals surface area contributed by atoms with Gasteiger partial charge >= 0.3 is 0 Å². The van der Waals surface area contributed by atoms with Crippen molar-refractivity contribution < 1.29 is 22.4 Å². The number of nitrogens with one attached hydrogen (secondary N) is 1. The van der Waals surface area contributed by atoms with E-state index in [-0.39, 0.29) is 27.5 Å². The van der Waals surface area contributed by atoms with E-state index in [9.17, 15) is 22.4 Å². The molecular weight excluding hydrogens is 431 g/mol. The maximum Gasteiger partial charge on any atom is 0.253 e. The molecule has 8 heteroatoms. The van der Waals surface area contributed by atoms with Crippen LogP contribution in [0.5, 0.6) is 0 Å². The van der Waals surface area contributed by atoms with Crippen LogP contribution in [-0.2, 0) is 10.0 Å². The summed E-state index contributed by atoms with van der Waals surface area (Å²) in [7, 11) is -0.982. The van der Waals surface area contributed by atoms with E-state index < -0.39 is 28.2 Å². The molecular formula is C24H23FN2O4S. The van der Waals surface area contributed by atoms with E-state index in [1.807, 2.05) is 30.3 Å². The van der Waals surface area contributed by atoms with Crippen molar-refractivity contribution in [1.29, 1.82) is 0 Å². The van der Waals surface area contributed by atoms with Crippen molar-refractivity contribution in [3.63, 3.8) is 0 Å². The summed E-state index contributed by atoms with van der Waals surface area (Å²) < 4.78 is 42.2. The second-order valence-corrected chi connectivity index (χ2v) is 9.26. The maximum atomic E-state index is 14.7. The van der Waals surface area contributed by atoms with Crippen LogP contribution in [0.25, 0.3) is 11.1 Å². The standard InChI is InChI=1S/C24H23FN2O4S/c1-16-12-19(17-8-5-4-6-9-17)14-21(23(16)25)22(28)15-26-32(30,31)20-11-7-10-18(13-20)24(29)27(2)3/h4-14,26H,15H2,1-3H3. The number of ketones is 1. The Hall–Kier alpha value is -3.36. The molecule has 0 aliphatic rings. The molecule has 0 radical (unpaired) electrons. The van der Waals surface area contributed by atoms with Gasteiger partial charge < -0.3 is 4.90 Å². The number of Topliss-reactive ketones (excluding diaryl/α,β-unsaturated/α-hetero) is 1. The lowest BCUT2D eigenvalue weighted by Crippen LogP contribution is -2.30. The number of carbonyl (C=O) groups excluding carboxylic acids is 2. The predicted octanol–water partition coefficient (Wildman–Crippen LogP) is 3.66. The van der Waals surface area contributed by atoms with Gasteiger partial charge in [0.05, 0.1) is 17.0 Å². The molecule has 3 rings (SSSR count). The highest BCUT2D eigenvalue weighted by atomic mass is 32.2. The summed E-state index contributed by atoms with van der Waals surface area (Å²) in [6.45, 7) is 0.929. The molecule has 0 heterocycles. The molecule has 0 aliphatic heterocycles. The van der Waals surface area contributed by atoms with Gasteiger partial charge in [-0.25, -0.2) is 17.5 Å². The van der Waals surface area contributed by atoms with Crippen LogP contribution in [0.4, 0.5) is 4.39 Å². The van der Waals surface area contributed by atoms with Crippen LogP contribution in [-0.4, -0.2) is 45.6 Å². The van der Waals surface area contributed by atoms with Crippen LogP contribution in [0.3, 0.4) is 0 Å². The van der Waals surface area contributed by atoms with E-state index >= 15 is 0 Å². The molecule has 0 fully saturated rings. The first-order chi connectivity index (χ1) is 15.1. The quantitative estimate of drug-likeness (QED) is 0.552. The van der Waals surface area contributed by atoms with Crippen molar-refractivity contribution in [2.45, 2.75) is 11.8 Å². The minimum Gasteiger partial charge on any atom is -0.345 e. The zero-order valence-corrected chi connectivity index (χ0v) is 18.7. The SMILES string of the molecule is Cc1cc(-c2ccccc2)cc(C(=O)CNS(=O)(=O)c2cccc(C(=O)N(C)C)c2)c1F. The van der Waals surface area contributed by atoms with E-state index in [4.69, 9.17) is 0 Å². The highest BCUT2D eigenvalue weighted by Crippen LogP contribution is 2.25. The number of nitrogens with zero attached hydrogens (tertiary/aromatic N) is 1. The van der Waals surface area contributed by atoms with Gasteiger partial charge in [0, 0.05) is 19.7 Å². The first-order valence-electron chi connectivity index (χ1n) is 9.80. The molecule has 0 spiro atoms. The number of hydrogen-bond acceptors (Lipinski definition) is 4. The van der Waals surface area contributed by atoms with Gasteiger partial charge in [-0.15, -0.1) is 0 Å². The van der Waals surface area contributed by atoms with Crippen molar-refractivity contribution in [2.75, 3.05) is 20.6 Å². The van der Waals surface area contributed by atoms with Gasteiger partial charge in [-0.2, -0.15) is 0 Å². The topological polar surface area (TPSA) is 83.5 Å². The van der Waals surface area contributed by atoms with E-state index in [0.717, 1.165) is 5.56 Å². The van der Waals surface area contributed by atoms with Crippen LogP contribution in [0, 0.1) is 12.7 Å². The fourth-order valence-corrected chi connectivity index (χ4v) is 4.19. The van der Waals surface area contributed by atoms with Crippen molar-refractivity contribution in [1.82, 2.24) is 9.62 Å². The van der Waals surface area contributed by atoms with E-state index in [1.54, 1.807) is 27.1 Å². The highest BCUT2D eigenvalue weighted by Gasteiger charge is 2.21. The lowest BCUT2D eigenvalue weighted by Gasteiger charge is -2.12. The number of sulfonamides is 1. The van der Waals surface area contributed by atoms with Crippen molar-refractivity contribution >= 4 is 21.7 Å². The van der Waals surface area contributed by atoms with Gasteiger partial charge in [-0.1, -0.05) is 36.4 Å². The fraction of sp³-hybridized carbons (Fsp3) is 0.167. The van der Waals surface area contributed by atoms with Crippen LogP contribution in [0.15, 0.2) is 71.6 Å². The van der Waals surface area contributed by atoms with Gasteiger partial charge in [-0.05, 0) is 53.9 Å². The van der Waals surface area contributed by atoms with Crippen LogP contribution in [0.1, 0.15) is 26.3 Å². The van der Waals surface area contributed by atoms with E-state index in [1.165, 1.54) is 35.2 Å². The molecule has 0 unspecified atom stereocenters. The number of hydrogen-bond donors (Lipinski definition) is 1. The Kier molecular flexibility index (Phi) is 6.86. The monoisotopic (exact) mass is 454 g/mol. The summed E-state index contributed by atoms with van der Waals surface area (Å²) >= 11 is 0. The van der Waals surface area contributed by atoms with Crippen molar-refractivity contribution in [3.05, 3.63) is 89.2 Å². The Labute approximate surface area is 186 Å². The van der Waals surface area contributed by atoms with Gasteiger partial charge in [0.2, 0.25) is 10.0 Å². The lowest BCUT2D eigenvalue weighted by molar-refractivity contribution is 0.0827. The molecule has 32 heavy (non-hydrogen) atoms. The third kappa shape index (κ3) is 5.09. The Morgan fingerprint density at radius 1 is 0.938 bits per heavy atom. The number of halogens is 1. The third-order valence-corrected chi connectivity index (χ3v) is 6.28. The molecule has 1 N–H and O–H groups in total. The number of benzene rings is 3. The summed E-state index contributed by atoms with van der Waals surface area (Å²) in [6, 6.07) is 17.7. The van der Waals surface area contributed by atoms with E-state index in [0.29, 0.717) is 5.56 Å². The summed E-state index contributed by atoms with van der Waals surface area (Å²) in [4.78, 5) is 26.0. The molecule has 3 aromatic rings. The maximum absolute atomic E-state index is 14.7. The normalized spacial score (nSPS) is 11.2. The first-order valence-corrected chi connectivity index (χ1v) is 11.3. The average molecular weight is 455 g/mol. The molecule has 0 saturated heterocycles. The number of rotatable bonds is 7. The average Bonchev–Trinajstić information content (AvgIpc) is 2.79. The van der Waals surface area contributed by atoms with Crippen molar-refractivity contribution in [3.8, 4) is 11.1 Å². The number of aryl methyl sites for hydroxylation is 1. The van der Waals surface area contributed by atoms with Gasteiger partial charge in [0.25, 0.3) is 5.91 Å². The second-order valence-electron chi connectivity index (χ2n) is 7.50. The molecule has 0 saturated carbocycles. The highest BCUT2D eigenvalue weighted by molar-refractivity contribution is 7.89. The second kappa shape index (κ2) is 9.42. The number of amides is 1. The molecule has 166 valence electrons. The Bertz CT molecular complexity index is 1270. The predicted molar refractivity (Wildman–Crippen MR) is 121 cm³/mol. The Morgan fingerprint density at radius 2 is 1.62 bits per heavy atom. The molecule has 0 bridgehead atoms. The first kappa shape index (κ1) is 23.3. The Balaban J connectivity index is 1.83. The number of carbonyl (C=O) groups is 2. The molecule has 3 aromatic carbocycles. The smallest absolute Gasteiger partial charge is 0.253 e. The zero-order valence-electron chi connectivity index (χ0n) is 17.9. The molecule has 6 nitrogen and oxygen atoms in total. The molecule has 1 amide bonds. The van der Waals surface area contributed by atoms with Gasteiger partial charge in [0.15, 0.2) is 5.78 Å². The minimum absolute atomic E-state index is 0.160. The summed E-state index contributed by atoms with van der Waals surface area (Å²) in [5, 5.41) is 0. The minimum atomic E-state index is -4.09. The fourth-order valence-electron chi connectivity index (χ4n) is 3.16. The van der Waals surface area contributed by atoms with Crippen LogP contribution < -0.4 is 4.72 Å². The Morgan fingerprint density at radius 3 is 2.28 bits per heavy atom. The van der Waals surface area contributed by atoms with Crippen LogP contribution in [0.2, 0.25) is 0 Å².